The fraction of sp³-hybridized carbons (Fsp3) is 0.480. The van der Waals surface area contributed by atoms with Crippen molar-refractivity contribution in [2.45, 2.75) is 77.0 Å². The summed E-state index contributed by atoms with van der Waals surface area (Å²) in [5.41, 5.74) is 8.99. The summed E-state index contributed by atoms with van der Waals surface area (Å²) in [4.78, 5) is 0. The number of rotatable bonds is 0. The number of benzene rings is 2. The molecule has 0 atom stereocenters. The van der Waals surface area contributed by atoms with Crippen LogP contribution in [0.15, 0.2) is 36.4 Å². The van der Waals surface area contributed by atoms with Crippen molar-refractivity contribution in [3.05, 3.63) is 65.1 Å². The van der Waals surface area contributed by atoms with Gasteiger partial charge >= 0.3 is 0 Å². The summed E-state index contributed by atoms with van der Waals surface area (Å²) in [5, 5.41) is 0. The van der Waals surface area contributed by atoms with Gasteiger partial charge in [-0.15, -0.1) is 0 Å². The zero-order valence-electron chi connectivity index (χ0n) is 15.5. The van der Waals surface area contributed by atoms with E-state index in [2.05, 4.69) is 42.8 Å². The molecule has 0 aromatic heterocycles. The number of fused-ring (bicyclic) bond motifs is 4. The van der Waals surface area contributed by atoms with E-state index in [0.717, 1.165) is 0 Å². The maximum Gasteiger partial charge on any atom is 0.0212 e. The summed E-state index contributed by atoms with van der Waals surface area (Å²) in [7, 11) is 0. The molecule has 0 fully saturated rings. The van der Waals surface area contributed by atoms with Crippen LogP contribution in [0.25, 0.3) is 11.1 Å². The Balaban J connectivity index is 1.58. The summed E-state index contributed by atoms with van der Waals surface area (Å²) >= 11 is 0. The highest BCUT2D eigenvalue weighted by Gasteiger charge is 2.20. The van der Waals surface area contributed by atoms with Crippen LogP contribution in [0.4, 0.5) is 0 Å². The molecule has 2 aromatic rings. The number of aryl methyl sites for hydroxylation is 2. The van der Waals surface area contributed by atoms with Gasteiger partial charge in [0.1, 0.15) is 0 Å². The summed E-state index contributed by atoms with van der Waals surface area (Å²) < 4.78 is 0. The molecule has 4 rings (SSSR count). The quantitative estimate of drug-likeness (QED) is 0.406. The SMILES string of the molecule is [CH]1c2ccccc2-c2cc3c(cc21)CCCCCCCCCCCC3. The number of hydrogen-bond donors (Lipinski definition) is 0. The van der Waals surface area contributed by atoms with Gasteiger partial charge in [-0.3, -0.25) is 0 Å². The van der Waals surface area contributed by atoms with Crippen LogP contribution in [0.1, 0.15) is 86.5 Å². The molecule has 0 amide bonds. The molecular weight excluding hydrogens is 300 g/mol. The Kier molecular flexibility index (Phi) is 5.55. The first-order chi connectivity index (χ1) is 12.4. The van der Waals surface area contributed by atoms with Crippen LogP contribution in [0.3, 0.4) is 0 Å². The van der Waals surface area contributed by atoms with Crippen molar-refractivity contribution in [1.82, 2.24) is 0 Å². The van der Waals surface area contributed by atoms with Crippen LogP contribution in [0.2, 0.25) is 0 Å². The summed E-state index contributed by atoms with van der Waals surface area (Å²) in [6.45, 7) is 0. The molecule has 0 heteroatoms. The lowest BCUT2D eigenvalue weighted by atomic mass is 9.91. The highest BCUT2D eigenvalue weighted by Crippen LogP contribution is 2.39. The molecule has 0 unspecified atom stereocenters. The Morgan fingerprint density at radius 1 is 0.480 bits per heavy atom. The molecule has 25 heavy (non-hydrogen) atoms. The lowest BCUT2D eigenvalue weighted by molar-refractivity contribution is 0.546. The van der Waals surface area contributed by atoms with E-state index in [9.17, 15) is 0 Å². The van der Waals surface area contributed by atoms with Gasteiger partial charge in [0.2, 0.25) is 0 Å². The molecule has 2 aliphatic rings. The predicted molar refractivity (Wildman–Crippen MR) is 108 cm³/mol. The van der Waals surface area contributed by atoms with Crippen molar-refractivity contribution in [3.63, 3.8) is 0 Å². The maximum atomic E-state index is 2.53. The molecular formula is C25H31. The van der Waals surface area contributed by atoms with Gasteiger partial charge < -0.3 is 0 Å². The molecule has 0 N–H and O–H groups in total. The van der Waals surface area contributed by atoms with E-state index in [1.54, 1.807) is 11.1 Å². The second-order valence-electron chi connectivity index (χ2n) is 7.98. The summed E-state index contributed by atoms with van der Waals surface area (Å²) in [6.07, 6.45) is 19.1. The van der Waals surface area contributed by atoms with E-state index < -0.39 is 0 Å². The monoisotopic (exact) mass is 331 g/mol. The standard InChI is InChI=1S/C25H31/c1-2-4-6-8-10-14-21-19-25-23(17-20(21)13-9-7-5-3-1)18-22-15-11-12-16-24(22)25/h11-12,15-19H,1-10,13-14H2. The molecule has 2 aliphatic carbocycles. The largest absolute Gasteiger partial charge is 0.0619 e. The summed E-state index contributed by atoms with van der Waals surface area (Å²) in [5.74, 6) is 0. The van der Waals surface area contributed by atoms with Crippen LogP contribution in [0.5, 0.6) is 0 Å². The van der Waals surface area contributed by atoms with E-state index in [1.807, 2.05) is 0 Å². The average molecular weight is 332 g/mol. The fourth-order valence-electron chi connectivity index (χ4n) is 4.61. The van der Waals surface area contributed by atoms with E-state index in [1.165, 1.54) is 99.3 Å². The molecule has 0 aliphatic heterocycles. The Morgan fingerprint density at radius 3 is 1.72 bits per heavy atom. The highest BCUT2D eigenvalue weighted by molar-refractivity contribution is 5.82. The van der Waals surface area contributed by atoms with Gasteiger partial charge in [-0.05, 0) is 59.1 Å². The average Bonchev–Trinajstić information content (AvgIpc) is 2.99. The minimum absolute atomic E-state index is 1.27. The van der Waals surface area contributed by atoms with E-state index >= 15 is 0 Å². The zero-order chi connectivity index (χ0) is 16.9. The molecule has 2 aromatic carbocycles. The van der Waals surface area contributed by atoms with Crippen molar-refractivity contribution >= 4 is 0 Å². The van der Waals surface area contributed by atoms with Gasteiger partial charge in [-0.1, -0.05) is 87.8 Å². The van der Waals surface area contributed by atoms with Crippen LogP contribution in [0, 0.1) is 6.42 Å². The first kappa shape index (κ1) is 16.9. The van der Waals surface area contributed by atoms with Crippen LogP contribution >= 0.6 is 0 Å². The van der Waals surface area contributed by atoms with Gasteiger partial charge in [0.25, 0.3) is 0 Å². The lowest BCUT2D eigenvalue weighted by Crippen LogP contribution is -1.98. The third-order valence-electron chi connectivity index (χ3n) is 6.08. The molecule has 0 saturated carbocycles. The molecule has 0 heterocycles. The molecule has 131 valence electrons. The van der Waals surface area contributed by atoms with E-state index in [-0.39, 0.29) is 0 Å². The molecule has 1 radical (unpaired) electrons. The van der Waals surface area contributed by atoms with Crippen molar-refractivity contribution in [2.24, 2.45) is 0 Å². The normalized spacial score (nSPS) is 18.7. The molecule has 0 bridgehead atoms. The Bertz CT molecular complexity index is 710. The van der Waals surface area contributed by atoms with Crippen molar-refractivity contribution in [2.75, 3.05) is 0 Å². The van der Waals surface area contributed by atoms with E-state index in [4.69, 9.17) is 0 Å². The predicted octanol–water partition coefficient (Wildman–Crippen LogP) is 7.27. The topological polar surface area (TPSA) is 0 Å². The van der Waals surface area contributed by atoms with E-state index in [0.29, 0.717) is 0 Å². The molecule has 0 spiro atoms. The van der Waals surface area contributed by atoms with Crippen molar-refractivity contribution in [1.29, 1.82) is 0 Å². The fourth-order valence-corrected chi connectivity index (χ4v) is 4.61. The van der Waals surface area contributed by atoms with Crippen LogP contribution in [-0.4, -0.2) is 0 Å². The van der Waals surface area contributed by atoms with Gasteiger partial charge in [0, 0.05) is 6.42 Å². The third kappa shape index (κ3) is 4.00. The van der Waals surface area contributed by atoms with Crippen LogP contribution < -0.4 is 0 Å². The summed E-state index contributed by atoms with van der Waals surface area (Å²) in [6, 6.07) is 13.9. The highest BCUT2D eigenvalue weighted by atomic mass is 14.2. The minimum atomic E-state index is 1.27. The maximum absolute atomic E-state index is 2.53. The van der Waals surface area contributed by atoms with Crippen LogP contribution in [-0.2, 0) is 12.8 Å². The van der Waals surface area contributed by atoms with Gasteiger partial charge in [-0.25, -0.2) is 0 Å². The third-order valence-corrected chi connectivity index (χ3v) is 6.08. The van der Waals surface area contributed by atoms with Crippen molar-refractivity contribution in [3.8, 4) is 11.1 Å². The van der Waals surface area contributed by atoms with Gasteiger partial charge in [-0.2, -0.15) is 0 Å². The minimum Gasteiger partial charge on any atom is -0.0619 e. The van der Waals surface area contributed by atoms with Crippen molar-refractivity contribution < 1.29 is 0 Å². The first-order valence-corrected chi connectivity index (χ1v) is 10.5. The second-order valence-corrected chi connectivity index (χ2v) is 7.98. The molecule has 0 saturated heterocycles. The zero-order valence-corrected chi connectivity index (χ0v) is 15.5. The first-order valence-electron chi connectivity index (χ1n) is 10.5. The second kappa shape index (κ2) is 8.21. The Hall–Kier alpha value is -1.56. The molecule has 0 nitrogen and oxygen atoms in total. The van der Waals surface area contributed by atoms with Gasteiger partial charge in [0.05, 0.1) is 0 Å². The number of hydrogen-bond acceptors (Lipinski definition) is 0. The van der Waals surface area contributed by atoms with Gasteiger partial charge in [0.15, 0.2) is 0 Å². The Morgan fingerprint density at radius 2 is 1.04 bits per heavy atom. The smallest absolute Gasteiger partial charge is 0.0212 e. The Labute approximate surface area is 153 Å². The lowest BCUT2D eigenvalue weighted by Gasteiger charge is -2.14.